The lowest BCUT2D eigenvalue weighted by Gasteiger charge is -2.15. The lowest BCUT2D eigenvalue weighted by Crippen LogP contribution is -2.38. The Morgan fingerprint density at radius 3 is 2.90 bits per heavy atom. The Kier molecular flexibility index (Phi) is 14.4. The molecule has 0 amide bonds. The van der Waals surface area contributed by atoms with Crippen LogP contribution in [-0.4, -0.2) is 52.0 Å². The van der Waals surface area contributed by atoms with E-state index in [9.17, 15) is 0 Å². The van der Waals surface area contributed by atoms with Gasteiger partial charge in [0.25, 0.3) is 0 Å². The van der Waals surface area contributed by atoms with Crippen molar-refractivity contribution in [3.05, 3.63) is 11.6 Å². The molecule has 0 aliphatic carbocycles. The van der Waals surface area contributed by atoms with E-state index < -0.39 is 0 Å². The molecule has 2 N–H and O–H groups in total. The van der Waals surface area contributed by atoms with Gasteiger partial charge in [-0.25, -0.2) is 0 Å². The summed E-state index contributed by atoms with van der Waals surface area (Å²) in [5, 5.41) is 6.64. The van der Waals surface area contributed by atoms with Crippen molar-refractivity contribution < 1.29 is 9.47 Å². The molecule has 0 aromatic heterocycles. The van der Waals surface area contributed by atoms with E-state index in [2.05, 4.69) is 28.6 Å². The summed E-state index contributed by atoms with van der Waals surface area (Å²) in [5.41, 5.74) is 1.48. The van der Waals surface area contributed by atoms with Crippen molar-refractivity contribution in [2.45, 2.75) is 33.1 Å². The Hall–Kier alpha value is -0.340. The van der Waals surface area contributed by atoms with E-state index in [1.54, 1.807) is 0 Å². The zero-order valence-corrected chi connectivity index (χ0v) is 15.7. The number of nitrogens with zero attached hydrogens (tertiary/aromatic N) is 1. The monoisotopic (exact) mass is 411 g/mol. The van der Waals surface area contributed by atoms with Crippen molar-refractivity contribution in [2.24, 2.45) is 4.99 Å². The third-order valence-electron chi connectivity index (χ3n) is 3.06. The highest BCUT2D eigenvalue weighted by Crippen LogP contribution is 2.10. The van der Waals surface area contributed by atoms with E-state index in [-0.39, 0.29) is 24.0 Å². The third-order valence-corrected chi connectivity index (χ3v) is 3.06. The minimum atomic E-state index is 0. The van der Waals surface area contributed by atoms with Crippen LogP contribution >= 0.6 is 24.0 Å². The summed E-state index contributed by atoms with van der Waals surface area (Å²) in [4.78, 5) is 4.54. The highest BCUT2D eigenvalue weighted by atomic mass is 127. The van der Waals surface area contributed by atoms with Gasteiger partial charge < -0.3 is 20.1 Å². The second-order valence-electron chi connectivity index (χ2n) is 4.68. The summed E-state index contributed by atoms with van der Waals surface area (Å²) in [7, 11) is 0. The van der Waals surface area contributed by atoms with Gasteiger partial charge in [0.05, 0.1) is 13.2 Å². The maximum Gasteiger partial charge on any atom is 0.191 e. The molecule has 6 heteroatoms. The number of nitrogens with one attached hydrogen (secondary N) is 2. The SMILES string of the molecule is CCNC(=NCCCOCC)NCCC1=CCOCC1.I. The molecule has 1 rings (SSSR count). The Labute approximate surface area is 146 Å². The molecule has 0 spiro atoms. The zero-order valence-electron chi connectivity index (χ0n) is 13.3. The number of rotatable bonds is 9. The smallest absolute Gasteiger partial charge is 0.191 e. The number of aliphatic imine (C=N–C) groups is 1. The molecule has 0 aromatic carbocycles. The van der Waals surface area contributed by atoms with Gasteiger partial charge in [-0.15, -0.1) is 24.0 Å². The van der Waals surface area contributed by atoms with Gasteiger partial charge in [0.2, 0.25) is 0 Å². The number of hydrogen-bond donors (Lipinski definition) is 2. The average Bonchev–Trinajstić information content (AvgIpc) is 2.48. The third kappa shape index (κ3) is 11.0. The average molecular weight is 411 g/mol. The standard InChI is InChI=1S/C15H29N3O2.HI/c1-3-16-15(17-9-5-11-19-4-2)18-10-6-14-7-12-20-13-8-14;/h7H,3-6,8-13H2,1-2H3,(H2,16,17,18);1H. The van der Waals surface area contributed by atoms with E-state index >= 15 is 0 Å². The summed E-state index contributed by atoms with van der Waals surface area (Å²) in [6, 6.07) is 0. The van der Waals surface area contributed by atoms with Crippen molar-refractivity contribution in [3.63, 3.8) is 0 Å². The van der Waals surface area contributed by atoms with Gasteiger partial charge in [-0.1, -0.05) is 11.6 Å². The molecule has 1 aliphatic rings. The summed E-state index contributed by atoms with van der Waals surface area (Å²) in [6.45, 7) is 9.88. The van der Waals surface area contributed by atoms with Gasteiger partial charge in [-0.3, -0.25) is 4.99 Å². The summed E-state index contributed by atoms with van der Waals surface area (Å²) in [5.74, 6) is 0.900. The molecule has 0 fully saturated rings. The number of halogens is 1. The maximum atomic E-state index is 5.31. The Bertz CT molecular complexity index is 309. The molecular weight excluding hydrogens is 381 g/mol. The molecule has 0 aromatic rings. The van der Waals surface area contributed by atoms with Gasteiger partial charge in [-0.05, 0) is 33.1 Å². The first-order chi connectivity index (χ1) is 9.86. The van der Waals surface area contributed by atoms with E-state index in [1.807, 2.05) is 6.92 Å². The minimum Gasteiger partial charge on any atom is -0.382 e. The molecule has 1 heterocycles. The van der Waals surface area contributed by atoms with Gasteiger partial charge in [0, 0.05) is 32.8 Å². The van der Waals surface area contributed by atoms with Crippen LogP contribution < -0.4 is 10.6 Å². The first-order valence-electron chi connectivity index (χ1n) is 7.72. The highest BCUT2D eigenvalue weighted by molar-refractivity contribution is 14.0. The van der Waals surface area contributed by atoms with Gasteiger partial charge in [0.1, 0.15) is 0 Å². The molecule has 0 unspecified atom stereocenters. The van der Waals surface area contributed by atoms with Crippen LogP contribution in [0.1, 0.15) is 33.1 Å². The molecule has 5 nitrogen and oxygen atoms in total. The van der Waals surface area contributed by atoms with Crippen molar-refractivity contribution in [3.8, 4) is 0 Å². The second kappa shape index (κ2) is 14.6. The molecule has 1 aliphatic heterocycles. The Morgan fingerprint density at radius 2 is 2.24 bits per heavy atom. The predicted molar refractivity (Wildman–Crippen MR) is 98.6 cm³/mol. The molecular formula is C15H30IN3O2. The molecule has 124 valence electrons. The predicted octanol–water partition coefficient (Wildman–Crippen LogP) is 2.32. The van der Waals surface area contributed by atoms with Crippen LogP contribution in [0.15, 0.2) is 16.6 Å². The molecule has 0 atom stereocenters. The quantitative estimate of drug-likeness (QED) is 0.201. The van der Waals surface area contributed by atoms with Crippen molar-refractivity contribution in [1.82, 2.24) is 10.6 Å². The summed E-state index contributed by atoms with van der Waals surface area (Å²) >= 11 is 0. The Balaban J connectivity index is 0.00000400. The highest BCUT2D eigenvalue weighted by Gasteiger charge is 2.04. The fourth-order valence-corrected chi connectivity index (χ4v) is 1.98. The molecule has 21 heavy (non-hydrogen) atoms. The topological polar surface area (TPSA) is 54.9 Å². The van der Waals surface area contributed by atoms with E-state index in [0.29, 0.717) is 0 Å². The largest absolute Gasteiger partial charge is 0.382 e. The molecule has 0 bridgehead atoms. The van der Waals surface area contributed by atoms with Crippen LogP contribution in [0, 0.1) is 0 Å². The number of hydrogen-bond acceptors (Lipinski definition) is 3. The molecule has 0 saturated heterocycles. The van der Waals surface area contributed by atoms with E-state index in [4.69, 9.17) is 9.47 Å². The minimum absolute atomic E-state index is 0. The van der Waals surface area contributed by atoms with Crippen LogP contribution in [0.25, 0.3) is 0 Å². The fraction of sp³-hybridized carbons (Fsp3) is 0.800. The van der Waals surface area contributed by atoms with Gasteiger partial charge >= 0.3 is 0 Å². The lowest BCUT2D eigenvalue weighted by atomic mass is 10.1. The first-order valence-corrected chi connectivity index (χ1v) is 7.72. The second-order valence-corrected chi connectivity index (χ2v) is 4.68. The summed E-state index contributed by atoms with van der Waals surface area (Å²) in [6.07, 6.45) is 5.28. The number of guanidine groups is 1. The van der Waals surface area contributed by atoms with Gasteiger partial charge in [0.15, 0.2) is 5.96 Å². The maximum absolute atomic E-state index is 5.31. The normalized spacial score (nSPS) is 15.1. The van der Waals surface area contributed by atoms with E-state index in [0.717, 1.165) is 71.3 Å². The van der Waals surface area contributed by atoms with Crippen LogP contribution in [0.2, 0.25) is 0 Å². The van der Waals surface area contributed by atoms with Crippen LogP contribution in [0.3, 0.4) is 0 Å². The molecule has 0 radical (unpaired) electrons. The fourth-order valence-electron chi connectivity index (χ4n) is 1.98. The van der Waals surface area contributed by atoms with Crippen molar-refractivity contribution in [1.29, 1.82) is 0 Å². The molecule has 0 saturated carbocycles. The van der Waals surface area contributed by atoms with Crippen molar-refractivity contribution >= 4 is 29.9 Å². The first kappa shape index (κ1) is 20.7. The van der Waals surface area contributed by atoms with Gasteiger partial charge in [-0.2, -0.15) is 0 Å². The van der Waals surface area contributed by atoms with Crippen LogP contribution in [0.4, 0.5) is 0 Å². The Morgan fingerprint density at radius 1 is 1.38 bits per heavy atom. The van der Waals surface area contributed by atoms with Crippen LogP contribution in [0.5, 0.6) is 0 Å². The van der Waals surface area contributed by atoms with E-state index in [1.165, 1.54) is 5.57 Å². The zero-order chi connectivity index (χ0) is 14.5. The lowest BCUT2D eigenvalue weighted by molar-refractivity contribution is 0.146. The number of ether oxygens (including phenoxy) is 2. The van der Waals surface area contributed by atoms with Crippen molar-refractivity contribution in [2.75, 3.05) is 46.1 Å². The summed E-state index contributed by atoms with van der Waals surface area (Å²) < 4.78 is 10.6. The van der Waals surface area contributed by atoms with Crippen LogP contribution in [-0.2, 0) is 9.47 Å².